The molecule has 0 saturated heterocycles. The Morgan fingerprint density at radius 3 is 2.13 bits per heavy atom. The van der Waals surface area contributed by atoms with Crippen LogP contribution in [-0.2, 0) is 6.42 Å². The zero-order valence-electron chi connectivity index (χ0n) is 28.7. The monoisotopic (exact) mass is 666 g/mol. The molecule has 0 bridgehead atoms. The molecule has 1 aliphatic carbocycles. The second kappa shape index (κ2) is 12.2. The Morgan fingerprint density at radius 1 is 0.538 bits per heavy atom. The molecule has 0 saturated carbocycles. The van der Waals surface area contributed by atoms with Crippen molar-refractivity contribution < 1.29 is 0 Å². The lowest BCUT2D eigenvalue weighted by molar-refractivity contribution is 1.08. The molecular formula is C48H34N4. The number of rotatable bonds is 6. The predicted octanol–water partition coefficient (Wildman–Crippen LogP) is 12.3. The van der Waals surface area contributed by atoms with E-state index in [1.54, 1.807) is 0 Å². The fourth-order valence-corrected chi connectivity index (χ4v) is 8.03. The number of nitrogens with zero attached hydrogens (tertiary/aromatic N) is 4. The summed E-state index contributed by atoms with van der Waals surface area (Å²) < 4.78 is 2.33. The summed E-state index contributed by atoms with van der Waals surface area (Å²) >= 11 is 0. The summed E-state index contributed by atoms with van der Waals surface area (Å²) in [6, 6.07) is 58.6. The van der Waals surface area contributed by atoms with Crippen molar-refractivity contribution in [1.29, 1.82) is 0 Å². The summed E-state index contributed by atoms with van der Waals surface area (Å²) in [7, 11) is 0. The third-order valence-corrected chi connectivity index (χ3v) is 10.4. The molecule has 4 nitrogen and oxygen atoms in total. The number of hydrogen-bond donors (Lipinski definition) is 0. The van der Waals surface area contributed by atoms with Crippen LogP contribution in [0, 0.1) is 6.92 Å². The maximum absolute atomic E-state index is 4.91. The van der Waals surface area contributed by atoms with Crippen molar-refractivity contribution in [3.8, 4) is 39.3 Å². The Balaban J connectivity index is 1.18. The third-order valence-electron chi connectivity index (χ3n) is 10.4. The fraction of sp³-hybridized carbons (Fsp3) is 0.0417. The molecule has 0 radical (unpaired) electrons. The Bertz CT molecular complexity index is 2770. The van der Waals surface area contributed by atoms with Crippen LogP contribution in [0.3, 0.4) is 0 Å². The standard InChI is InChI=1S/C48H34N4/c1-32-31-50-43(30-42(32)33-13-4-2-5-14-33)35-16-12-19-38(28-35)51(37-17-6-3-7-18-37)39-23-24-41-45(29-39)52(46-21-10-11-26-49-46)44-25-22-36-27-34-15-8-9-20-40(34)47(36)48(41)44/h2-26,28-31H,27H2,1H3. The van der Waals surface area contributed by atoms with Gasteiger partial charge in [-0.2, -0.15) is 0 Å². The van der Waals surface area contributed by atoms with Gasteiger partial charge < -0.3 is 4.90 Å². The first-order chi connectivity index (χ1) is 25.7. The van der Waals surface area contributed by atoms with Crippen molar-refractivity contribution in [3.63, 3.8) is 0 Å². The van der Waals surface area contributed by atoms with Crippen LogP contribution in [0.2, 0.25) is 0 Å². The molecule has 6 aromatic carbocycles. The summed E-state index contributed by atoms with van der Waals surface area (Å²) in [4.78, 5) is 12.1. The summed E-state index contributed by atoms with van der Waals surface area (Å²) in [6.45, 7) is 2.13. The van der Waals surface area contributed by atoms with E-state index in [1.807, 2.05) is 18.5 Å². The quantitative estimate of drug-likeness (QED) is 0.177. The molecule has 10 rings (SSSR count). The molecule has 246 valence electrons. The van der Waals surface area contributed by atoms with E-state index in [-0.39, 0.29) is 0 Å². The fourth-order valence-electron chi connectivity index (χ4n) is 8.03. The molecule has 0 unspecified atom stereocenters. The highest BCUT2D eigenvalue weighted by atomic mass is 15.1. The number of fused-ring (bicyclic) bond motifs is 7. The molecule has 0 aliphatic heterocycles. The van der Waals surface area contributed by atoms with Crippen molar-refractivity contribution in [2.24, 2.45) is 0 Å². The maximum atomic E-state index is 4.91. The molecule has 0 N–H and O–H groups in total. The zero-order chi connectivity index (χ0) is 34.6. The first-order valence-electron chi connectivity index (χ1n) is 17.8. The van der Waals surface area contributed by atoms with Gasteiger partial charge in [-0.15, -0.1) is 0 Å². The highest BCUT2D eigenvalue weighted by Crippen LogP contribution is 2.47. The van der Waals surface area contributed by atoms with Gasteiger partial charge in [-0.3, -0.25) is 9.55 Å². The van der Waals surface area contributed by atoms with E-state index >= 15 is 0 Å². The lowest BCUT2D eigenvalue weighted by Gasteiger charge is -2.26. The van der Waals surface area contributed by atoms with E-state index in [0.29, 0.717) is 0 Å². The van der Waals surface area contributed by atoms with Crippen LogP contribution in [-0.4, -0.2) is 14.5 Å². The summed E-state index contributed by atoms with van der Waals surface area (Å²) in [5.74, 6) is 0.902. The number of aromatic nitrogens is 3. The molecule has 0 amide bonds. The molecule has 9 aromatic rings. The second-order valence-electron chi connectivity index (χ2n) is 13.5. The van der Waals surface area contributed by atoms with E-state index < -0.39 is 0 Å². The van der Waals surface area contributed by atoms with E-state index in [2.05, 4.69) is 174 Å². The van der Waals surface area contributed by atoms with Gasteiger partial charge in [-0.25, -0.2) is 4.98 Å². The Hall–Kier alpha value is -6.78. The number of benzene rings is 6. The van der Waals surface area contributed by atoms with Gasteiger partial charge >= 0.3 is 0 Å². The van der Waals surface area contributed by atoms with Crippen molar-refractivity contribution in [2.45, 2.75) is 13.3 Å². The molecule has 3 heterocycles. The molecule has 3 aromatic heterocycles. The van der Waals surface area contributed by atoms with Gasteiger partial charge in [0.1, 0.15) is 5.82 Å². The van der Waals surface area contributed by atoms with Crippen LogP contribution < -0.4 is 4.90 Å². The van der Waals surface area contributed by atoms with Gasteiger partial charge in [0.2, 0.25) is 0 Å². The molecule has 4 heteroatoms. The minimum atomic E-state index is 0.902. The average Bonchev–Trinajstić information content (AvgIpc) is 3.75. The average molecular weight is 667 g/mol. The van der Waals surface area contributed by atoms with Crippen LogP contribution >= 0.6 is 0 Å². The normalized spacial score (nSPS) is 11.9. The van der Waals surface area contributed by atoms with Gasteiger partial charge in [0.15, 0.2) is 0 Å². The smallest absolute Gasteiger partial charge is 0.137 e. The van der Waals surface area contributed by atoms with Gasteiger partial charge in [0.05, 0.1) is 16.7 Å². The van der Waals surface area contributed by atoms with Gasteiger partial charge in [-0.1, -0.05) is 103 Å². The van der Waals surface area contributed by atoms with Gasteiger partial charge in [0.25, 0.3) is 0 Å². The minimum Gasteiger partial charge on any atom is -0.310 e. The summed E-state index contributed by atoms with van der Waals surface area (Å²) in [5.41, 5.74) is 16.5. The zero-order valence-corrected chi connectivity index (χ0v) is 28.7. The summed E-state index contributed by atoms with van der Waals surface area (Å²) in [6.07, 6.45) is 4.82. The van der Waals surface area contributed by atoms with Crippen molar-refractivity contribution in [2.75, 3.05) is 4.90 Å². The van der Waals surface area contributed by atoms with E-state index in [4.69, 9.17) is 9.97 Å². The molecule has 0 atom stereocenters. The largest absolute Gasteiger partial charge is 0.310 e. The highest BCUT2D eigenvalue weighted by molar-refractivity contribution is 6.18. The Kier molecular flexibility index (Phi) is 7.07. The van der Waals surface area contributed by atoms with Crippen LogP contribution in [0.4, 0.5) is 17.1 Å². The van der Waals surface area contributed by atoms with Gasteiger partial charge in [0, 0.05) is 45.8 Å². The SMILES string of the molecule is Cc1cnc(-c2cccc(N(c3ccccc3)c3ccc4c5c6c(ccc5n(-c5ccccn5)c4c3)Cc3ccccc3-6)c2)cc1-c1ccccc1. The Morgan fingerprint density at radius 2 is 1.29 bits per heavy atom. The molecule has 0 spiro atoms. The van der Waals surface area contributed by atoms with Crippen LogP contribution in [0.25, 0.3) is 61.1 Å². The third kappa shape index (κ3) is 4.91. The molecule has 52 heavy (non-hydrogen) atoms. The van der Waals surface area contributed by atoms with Crippen molar-refractivity contribution in [3.05, 3.63) is 193 Å². The topological polar surface area (TPSA) is 34.0 Å². The van der Waals surface area contributed by atoms with Gasteiger partial charge in [-0.05, 0) is 113 Å². The molecule has 1 aliphatic rings. The van der Waals surface area contributed by atoms with Crippen LogP contribution in [0.15, 0.2) is 176 Å². The van der Waals surface area contributed by atoms with Crippen molar-refractivity contribution in [1.82, 2.24) is 14.5 Å². The lowest BCUT2D eigenvalue weighted by Crippen LogP contribution is -2.10. The van der Waals surface area contributed by atoms with E-state index in [1.165, 1.54) is 44.2 Å². The van der Waals surface area contributed by atoms with Crippen LogP contribution in [0.1, 0.15) is 16.7 Å². The number of pyridine rings is 2. The highest BCUT2D eigenvalue weighted by Gasteiger charge is 2.26. The minimum absolute atomic E-state index is 0.902. The first kappa shape index (κ1) is 30.1. The number of anilines is 3. The number of para-hydroxylation sites is 1. The number of hydrogen-bond acceptors (Lipinski definition) is 3. The van der Waals surface area contributed by atoms with Crippen molar-refractivity contribution >= 4 is 38.9 Å². The predicted molar refractivity (Wildman–Crippen MR) is 215 cm³/mol. The summed E-state index contributed by atoms with van der Waals surface area (Å²) in [5, 5.41) is 2.50. The molecule has 0 fully saturated rings. The van der Waals surface area contributed by atoms with E-state index in [9.17, 15) is 0 Å². The van der Waals surface area contributed by atoms with Crippen LogP contribution in [0.5, 0.6) is 0 Å². The number of aryl methyl sites for hydroxylation is 1. The Labute approximate surface area is 302 Å². The lowest BCUT2D eigenvalue weighted by atomic mass is 9.99. The van der Waals surface area contributed by atoms with E-state index in [0.717, 1.165) is 57.2 Å². The molecular weight excluding hydrogens is 633 g/mol. The first-order valence-corrected chi connectivity index (χ1v) is 17.8. The second-order valence-corrected chi connectivity index (χ2v) is 13.5. The maximum Gasteiger partial charge on any atom is 0.137 e.